The molecule has 0 bridgehead atoms. The van der Waals surface area contributed by atoms with Crippen molar-refractivity contribution in [1.29, 1.82) is 0 Å². The Balaban J connectivity index is 2.11. The lowest BCUT2D eigenvalue weighted by Gasteiger charge is -2.11. The van der Waals surface area contributed by atoms with E-state index in [1.54, 1.807) is 24.3 Å². The number of rotatable bonds is 2. The SMILES string of the molecule is Cc1ccc(N)c(NC(=O)C(=O)Nc2cc(C)ccc2N)c1. The third-order valence-corrected chi connectivity index (χ3v) is 3.12. The lowest BCUT2D eigenvalue weighted by molar-refractivity contribution is -0.132. The highest BCUT2D eigenvalue weighted by molar-refractivity contribution is 6.44. The van der Waals surface area contributed by atoms with Crippen LogP contribution in [0.4, 0.5) is 22.7 Å². The summed E-state index contributed by atoms with van der Waals surface area (Å²) < 4.78 is 0. The average molecular weight is 298 g/mol. The molecule has 0 saturated carbocycles. The summed E-state index contributed by atoms with van der Waals surface area (Å²) >= 11 is 0. The van der Waals surface area contributed by atoms with Crippen LogP contribution in [0.5, 0.6) is 0 Å². The number of aryl methyl sites for hydroxylation is 2. The number of hydrogen-bond acceptors (Lipinski definition) is 4. The predicted octanol–water partition coefficient (Wildman–Crippen LogP) is 2.05. The Labute approximate surface area is 128 Å². The van der Waals surface area contributed by atoms with Gasteiger partial charge in [-0.25, -0.2) is 0 Å². The fourth-order valence-electron chi connectivity index (χ4n) is 1.91. The van der Waals surface area contributed by atoms with Gasteiger partial charge in [0.25, 0.3) is 0 Å². The van der Waals surface area contributed by atoms with Crippen molar-refractivity contribution in [2.75, 3.05) is 22.1 Å². The molecule has 6 heteroatoms. The first-order chi connectivity index (χ1) is 10.4. The minimum atomic E-state index is -0.807. The van der Waals surface area contributed by atoms with Crippen molar-refractivity contribution >= 4 is 34.6 Å². The zero-order valence-electron chi connectivity index (χ0n) is 12.4. The third kappa shape index (κ3) is 3.54. The number of carbonyl (C=O) groups excluding carboxylic acids is 2. The number of hydrogen-bond donors (Lipinski definition) is 4. The summed E-state index contributed by atoms with van der Waals surface area (Å²) in [5, 5.41) is 4.98. The van der Waals surface area contributed by atoms with E-state index < -0.39 is 11.8 Å². The van der Waals surface area contributed by atoms with Crippen LogP contribution in [0, 0.1) is 13.8 Å². The maximum Gasteiger partial charge on any atom is 0.314 e. The molecule has 0 fully saturated rings. The molecule has 0 aromatic heterocycles. The molecule has 2 amide bonds. The van der Waals surface area contributed by atoms with Crippen LogP contribution in [-0.2, 0) is 9.59 Å². The highest BCUT2D eigenvalue weighted by atomic mass is 16.2. The monoisotopic (exact) mass is 298 g/mol. The molecule has 2 rings (SSSR count). The van der Waals surface area contributed by atoms with Crippen molar-refractivity contribution in [3.8, 4) is 0 Å². The second kappa shape index (κ2) is 6.17. The van der Waals surface area contributed by atoms with Crippen LogP contribution in [0.3, 0.4) is 0 Å². The first-order valence-electron chi connectivity index (χ1n) is 6.71. The van der Waals surface area contributed by atoms with Crippen LogP contribution in [0.2, 0.25) is 0 Å². The third-order valence-electron chi connectivity index (χ3n) is 3.12. The average Bonchev–Trinajstić information content (AvgIpc) is 2.46. The quantitative estimate of drug-likeness (QED) is 0.502. The van der Waals surface area contributed by atoms with E-state index in [4.69, 9.17) is 11.5 Å². The first-order valence-corrected chi connectivity index (χ1v) is 6.71. The maximum atomic E-state index is 12.0. The van der Waals surface area contributed by atoms with Gasteiger partial charge >= 0.3 is 11.8 Å². The van der Waals surface area contributed by atoms with E-state index in [-0.39, 0.29) is 0 Å². The topological polar surface area (TPSA) is 110 Å². The van der Waals surface area contributed by atoms with Gasteiger partial charge < -0.3 is 22.1 Å². The Bertz CT molecular complexity index is 677. The van der Waals surface area contributed by atoms with E-state index in [2.05, 4.69) is 10.6 Å². The van der Waals surface area contributed by atoms with Crippen LogP contribution in [0.1, 0.15) is 11.1 Å². The fraction of sp³-hybridized carbons (Fsp3) is 0.125. The summed E-state index contributed by atoms with van der Waals surface area (Å²) in [6, 6.07) is 10.4. The molecule has 0 spiro atoms. The predicted molar refractivity (Wildman–Crippen MR) is 88.4 cm³/mol. The van der Waals surface area contributed by atoms with Gasteiger partial charge in [0.15, 0.2) is 0 Å². The molecule has 114 valence electrons. The van der Waals surface area contributed by atoms with Crippen LogP contribution in [-0.4, -0.2) is 11.8 Å². The zero-order valence-corrected chi connectivity index (χ0v) is 12.4. The van der Waals surface area contributed by atoms with Gasteiger partial charge in [-0.3, -0.25) is 9.59 Å². The minimum Gasteiger partial charge on any atom is -0.397 e. The summed E-state index contributed by atoms with van der Waals surface area (Å²) in [6.45, 7) is 3.73. The number of nitrogens with two attached hydrogens (primary N) is 2. The lowest BCUT2D eigenvalue weighted by atomic mass is 10.2. The standard InChI is InChI=1S/C16H18N4O2/c1-9-3-5-11(17)13(7-9)19-15(21)16(22)20-14-8-10(2)4-6-12(14)18/h3-8H,17-18H2,1-2H3,(H,19,21)(H,20,22). The van der Waals surface area contributed by atoms with E-state index in [0.717, 1.165) is 11.1 Å². The fourth-order valence-corrected chi connectivity index (χ4v) is 1.91. The van der Waals surface area contributed by atoms with Crippen molar-refractivity contribution in [2.24, 2.45) is 0 Å². The molecular weight excluding hydrogens is 280 g/mol. The van der Waals surface area contributed by atoms with Crippen molar-refractivity contribution in [3.05, 3.63) is 47.5 Å². The van der Waals surface area contributed by atoms with Gasteiger partial charge in [0, 0.05) is 0 Å². The summed E-state index contributed by atoms with van der Waals surface area (Å²) in [5.74, 6) is -1.61. The normalized spacial score (nSPS) is 10.1. The Morgan fingerprint density at radius 3 is 1.50 bits per heavy atom. The molecule has 22 heavy (non-hydrogen) atoms. The van der Waals surface area contributed by atoms with Crippen LogP contribution in [0.25, 0.3) is 0 Å². The second-order valence-electron chi connectivity index (χ2n) is 5.09. The van der Waals surface area contributed by atoms with Gasteiger partial charge in [-0.1, -0.05) is 12.1 Å². The molecule has 0 aliphatic heterocycles. The van der Waals surface area contributed by atoms with E-state index in [1.165, 1.54) is 0 Å². The van der Waals surface area contributed by atoms with Crippen LogP contribution < -0.4 is 22.1 Å². The van der Waals surface area contributed by atoms with Crippen LogP contribution >= 0.6 is 0 Å². The number of carbonyl (C=O) groups is 2. The van der Waals surface area contributed by atoms with Gasteiger partial charge in [0.1, 0.15) is 0 Å². The molecule has 0 radical (unpaired) electrons. The zero-order chi connectivity index (χ0) is 16.3. The molecule has 0 unspecified atom stereocenters. The van der Waals surface area contributed by atoms with Gasteiger partial charge in [0.05, 0.1) is 22.7 Å². The molecule has 2 aromatic rings. The highest BCUT2D eigenvalue weighted by Crippen LogP contribution is 2.21. The second-order valence-corrected chi connectivity index (χ2v) is 5.09. The number of benzene rings is 2. The van der Waals surface area contributed by atoms with Crippen molar-refractivity contribution in [3.63, 3.8) is 0 Å². The number of nitrogens with one attached hydrogen (secondary N) is 2. The van der Waals surface area contributed by atoms with Gasteiger partial charge in [-0.2, -0.15) is 0 Å². The molecule has 0 heterocycles. The molecule has 2 aromatic carbocycles. The molecular formula is C16H18N4O2. The number of nitrogen functional groups attached to an aromatic ring is 2. The van der Waals surface area contributed by atoms with Crippen molar-refractivity contribution in [1.82, 2.24) is 0 Å². The van der Waals surface area contributed by atoms with E-state index in [0.29, 0.717) is 22.7 Å². The van der Waals surface area contributed by atoms with Gasteiger partial charge in [0.2, 0.25) is 0 Å². The maximum absolute atomic E-state index is 12.0. The van der Waals surface area contributed by atoms with E-state index in [9.17, 15) is 9.59 Å². The Hall–Kier alpha value is -3.02. The van der Waals surface area contributed by atoms with E-state index in [1.807, 2.05) is 26.0 Å². The smallest absolute Gasteiger partial charge is 0.314 e. The molecule has 0 atom stereocenters. The summed E-state index contributed by atoms with van der Waals surface area (Å²) in [6.07, 6.45) is 0. The van der Waals surface area contributed by atoms with Crippen molar-refractivity contribution in [2.45, 2.75) is 13.8 Å². The minimum absolute atomic E-state index is 0.391. The largest absolute Gasteiger partial charge is 0.397 e. The Morgan fingerprint density at radius 2 is 1.14 bits per heavy atom. The summed E-state index contributed by atoms with van der Waals surface area (Å²) in [4.78, 5) is 23.9. The number of amides is 2. The first kappa shape index (κ1) is 15.4. The molecule has 0 aliphatic carbocycles. The van der Waals surface area contributed by atoms with Crippen LogP contribution in [0.15, 0.2) is 36.4 Å². The van der Waals surface area contributed by atoms with E-state index >= 15 is 0 Å². The molecule has 6 nitrogen and oxygen atoms in total. The highest BCUT2D eigenvalue weighted by Gasteiger charge is 2.16. The lowest BCUT2D eigenvalue weighted by Crippen LogP contribution is -2.29. The number of anilines is 4. The summed E-state index contributed by atoms with van der Waals surface area (Å²) in [5.41, 5.74) is 15.0. The molecule has 6 N–H and O–H groups in total. The van der Waals surface area contributed by atoms with Crippen molar-refractivity contribution < 1.29 is 9.59 Å². The Kier molecular flexibility index (Phi) is 4.31. The van der Waals surface area contributed by atoms with Gasteiger partial charge in [-0.05, 0) is 49.2 Å². The summed E-state index contributed by atoms with van der Waals surface area (Å²) in [7, 11) is 0. The van der Waals surface area contributed by atoms with Gasteiger partial charge in [-0.15, -0.1) is 0 Å². The Morgan fingerprint density at radius 1 is 0.773 bits per heavy atom. The molecule has 0 aliphatic rings. The molecule has 0 saturated heterocycles.